The van der Waals surface area contributed by atoms with Crippen LogP contribution in [0.2, 0.25) is 5.02 Å². The molecule has 1 saturated carbocycles. The molecule has 0 unspecified atom stereocenters. The summed E-state index contributed by atoms with van der Waals surface area (Å²) in [5.74, 6) is 0. The van der Waals surface area contributed by atoms with Gasteiger partial charge in [0, 0.05) is 30.1 Å². The van der Waals surface area contributed by atoms with Crippen LogP contribution in [0.3, 0.4) is 0 Å². The second kappa shape index (κ2) is 4.52. The highest BCUT2D eigenvalue weighted by Crippen LogP contribution is 2.44. The van der Waals surface area contributed by atoms with Gasteiger partial charge in [-0.15, -0.1) is 0 Å². The Morgan fingerprint density at radius 2 is 2.20 bits per heavy atom. The molecular weight excluding hydrogens is 210 g/mol. The Kier molecular flexibility index (Phi) is 3.29. The first-order valence-electron chi connectivity index (χ1n) is 5.30. The van der Waals surface area contributed by atoms with Crippen LogP contribution in [0.4, 0.5) is 0 Å². The first kappa shape index (κ1) is 10.9. The fourth-order valence-corrected chi connectivity index (χ4v) is 1.90. The van der Waals surface area contributed by atoms with Gasteiger partial charge in [-0.25, -0.2) is 0 Å². The molecule has 1 fully saturated rings. The zero-order chi connectivity index (χ0) is 10.7. The third kappa shape index (κ3) is 2.94. The topological polar surface area (TPSA) is 32.3 Å². The lowest BCUT2D eigenvalue weighted by Crippen LogP contribution is -2.26. The summed E-state index contributed by atoms with van der Waals surface area (Å²) in [5.41, 5.74) is 1.37. The number of aliphatic hydroxyl groups excluding tert-OH is 1. The van der Waals surface area contributed by atoms with E-state index in [9.17, 15) is 0 Å². The van der Waals surface area contributed by atoms with E-state index in [0.717, 1.165) is 31.0 Å². The monoisotopic (exact) mass is 225 g/mol. The molecule has 2 nitrogen and oxygen atoms in total. The minimum Gasteiger partial charge on any atom is -0.396 e. The van der Waals surface area contributed by atoms with E-state index in [0.29, 0.717) is 6.61 Å². The second-order valence-electron chi connectivity index (χ2n) is 4.39. The maximum atomic E-state index is 9.14. The SMILES string of the molecule is OCC1(CNCc2cccc(Cl)c2)CC1. The van der Waals surface area contributed by atoms with Gasteiger partial charge in [0.25, 0.3) is 0 Å². The predicted molar refractivity (Wildman–Crippen MR) is 61.9 cm³/mol. The molecule has 0 aromatic heterocycles. The van der Waals surface area contributed by atoms with Crippen LogP contribution in [0.1, 0.15) is 18.4 Å². The van der Waals surface area contributed by atoms with Gasteiger partial charge in [0.2, 0.25) is 0 Å². The minimum atomic E-state index is 0.179. The van der Waals surface area contributed by atoms with Crippen molar-refractivity contribution in [2.45, 2.75) is 19.4 Å². The molecule has 2 N–H and O–H groups in total. The summed E-state index contributed by atoms with van der Waals surface area (Å²) in [4.78, 5) is 0. The Labute approximate surface area is 95.3 Å². The predicted octanol–water partition coefficient (Wildman–Crippen LogP) is 2.20. The van der Waals surface area contributed by atoms with E-state index < -0.39 is 0 Å². The lowest BCUT2D eigenvalue weighted by Gasteiger charge is -2.12. The molecule has 0 heterocycles. The summed E-state index contributed by atoms with van der Waals surface area (Å²) in [5, 5.41) is 13.3. The summed E-state index contributed by atoms with van der Waals surface area (Å²) in [6.07, 6.45) is 2.29. The molecule has 0 bridgehead atoms. The van der Waals surface area contributed by atoms with Crippen LogP contribution >= 0.6 is 11.6 Å². The van der Waals surface area contributed by atoms with Crippen molar-refractivity contribution in [2.75, 3.05) is 13.2 Å². The maximum absolute atomic E-state index is 9.14. The van der Waals surface area contributed by atoms with Gasteiger partial charge in [-0.2, -0.15) is 0 Å². The van der Waals surface area contributed by atoms with E-state index >= 15 is 0 Å². The van der Waals surface area contributed by atoms with Gasteiger partial charge < -0.3 is 10.4 Å². The van der Waals surface area contributed by atoms with Crippen molar-refractivity contribution in [1.82, 2.24) is 5.32 Å². The first-order valence-corrected chi connectivity index (χ1v) is 5.68. The average Bonchev–Trinajstić information content (AvgIpc) is 2.99. The van der Waals surface area contributed by atoms with Crippen molar-refractivity contribution in [2.24, 2.45) is 5.41 Å². The molecule has 0 aliphatic heterocycles. The highest BCUT2D eigenvalue weighted by Gasteiger charge is 2.41. The molecule has 1 aromatic carbocycles. The van der Waals surface area contributed by atoms with Crippen LogP contribution in [-0.2, 0) is 6.54 Å². The van der Waals surface area contributed by atoms with Crippen molar-refractivity contribution >= 4 is 11.6 Å². The van der Waals surface area contributed by atoms with Gasteiger partial charge in [0.05, 0.1) is 0 Å². The summed E-state index contributed by atoms with van der Waals surface area (Å²) in [6.45, 7) is 2.02. The Hall–Kier alpha value is -0.570. The van der Waals surface area contributed by atoms with E-state index in [-0.39, 0.29) is 5.41 Å². The normalized spacial score (nSPS) is 17.7. The molecule has 1 aromatic rings. The molecule has 0 radical (unpaired) electrons. The lowest BCUT2D eigenvalue weighted by atomic mass is 10.1. The van der Waals surface area contributed by atoms with Crippen molar-refractivity contribution < 1.29 is 5.11 Å². The Bertz CT molecular complexity index is 336. The molecule has 3 heteroatoms. The summed E-state index contributed by atoms with van der Waals surface area (Å²) < 4.78 is 0. The summed E-state index contributed by atoms with van der Waals surface area (Å²) in [6, 6.07) is 7.85. The zero-order valence-corrected chi connectivity index (χ0v) is 9.43. The van der Waals surface area contributed by atoms with Crippen LogP contribution in [0.15, 0.2) is 24.3 Å². The quantitative estimate of drug-likeness (QED) is 0.806. The molecule has 82 valence electrons. The van der Waals surface area contributed by atoms with Gasteiger partial charge in [0.15, 0.2) is 0 Å². The van der Waals surface area contributed by atoms with Crippen LogP contribution in [-0.4, -0.2) is 18.3 Å². The molecular formula is C12H16ClNO. The van der Waals surface area contributed by atoms with E-state index in [2.05, 4.69) is 11.4 Å². The van der Waals surface area contributed by atoms with Crippen molar-refractivity contribution in [1.29, 1.82) is 0 Å². The number of hydrogen-bond acceptors (Lipinski definition) is 2. The fourth-order valence-electron chi connectivity index (χ4n) is 1.69. The van der Waals surface area contributed by atoms with Gasteiger partial charge in [0.1, 0.15) is 0 Å². The fraction of sp³-hybridized carbons (Fsp3) is 0.500. The molecule has 0 atom stereocenters. The minimum absolute atomic E-state index is 0.179. The van der Waals surface area contributed by atoms with E-state index in [4.69, 9.17) is 16.7 Å². The molecule has 1 aliphatic rings. The molecule has 1 aliphatic carbocycles. The van der Waals surface area contributed by atoms with Crippen LogP contribution in [0.25, 0.3) is 0 Å². The van der Waals surface area contributed by atoms with Crippen LogP contribution in [0.5, 0.6) is 0 Å². The molecule has 0 saturated heterocycles. The Balaban J connectivity index is 1.78. The van der Waals surface area contributed by atoms with E-state index in [1.807, 2.05) is 18.2 Å². The third-order valence-electron chi connectivity index (χ3n) is 3.01. The average molecular weight is 226 g/mol. The van der Waals surface area contributed by atoms with Crippen molar-refractivity contribution in [3.63, 3.8) is 0 Å². The number of aliphatic hydroxyl groups is 1. The van der Waals surface area contributed by atoms with Crippen LogP contribution < -0.4 is 5.32 Å². The smallest absolute Gasteiger partial charge is 0.0499 e. The maximum Gasteiger partial charge on any atom is 0.0499 e. The number of hydrogen-bond donors (Lipinski definition) is 2. The third-order valence-corrected chi connectivity index (χ3v) is 3.25. The van der Waals surface area contributed by atoms with Gasteiger partial charge in [-0.05, 0) is 30.5 Å². The number of nitrogens with one attached hydrogen (secondary N) is 1. The molecule has 0 amide bonds. The second-order valence-corrected chi connectivity index (χ2v) is 4.83. The van der Waals surface area contributed by atoms with Crippen LogP contribution in [0, 0.1) is 5.41 Å². The number of halogens is 1. The summed E-state index contributed by atoms with van der Waals surface area (Å²) in [7, 11) is 0. The van der Waals surface area contributed by atoms with Crippen molar-refractivity contribution in [3.05, 3.63) is 34.9 Å². The zero-order valence-electron chi connectivity index (χ0n) is 8.67. The van der Waals surface area contributed by atoms with Gasteiger partial charge in [-0.3, -0.25) is 0 Å². The highest BCUT2D eigenvalue weighted by molar-refractivity contribution is 6.30. The highest BCUT2D eigenvalue weighted by atomic mass is 35.5. The van der Waals surface area contributed by atoms with Crippen molar-refractivity contribution in [3.8, 4) is 0 Å². The Morgan fingerprint density at radius 3 is 2.80 bits per heavy atom. The van der Waals surface area contributed by atoms with Gasteiger partial charge in [-0.1, -0.05) is 23.7 Å². The Morgan fingerprint density at radius 1 is 1.40 bits per heavy atom. The lowest BCUT2D eigenvalue weighted by molar-refractivity contribution is 0.207. The standard InChI is InChI=1S/C12H16ClNO/c13-11-3-1-2-10(6-11)7-14-8-12(9-15)4-5-12/h1-3,6,14-15H,4-5,7-9H2. The molecule has 0 spiro atoms. The van der Waals surface area contributed by atoms with E-state index in [1.54, 1.807) is 0 Å². The number of benzene rings is 1. The molecule has 2 rings (SSSR count). The number of rotatable bonds is 5. The van der Waals surface area contributed by atoms with E-state index in [1.165, 1.54) is 5.56 Å². The first-order chi connectivity index (χ1) is 7.24. The largest absolute Gasteiger partial charge is 0.396 e. The molecule has 15 heavy (non-hydrogen) atoms. The summed E-state index contributed by atoms with van der Waals surface area (Å²) >= 11 is 5.89. The van der Waals surface area contributed by atoms with Gasteiger partial charge >= 0.3 is 0 Å².